The van der Waals surface area contributed by atoms with Crippen LogP contribution in [0.25, 0.3) is 0 Å². The second-order valence-electron chi connectivity index (χ2n) is 4.89. The largest absolute Gasteiger partial charge is 0.299 e. The summed E-state index contributed by atoms with van der Waals surface area (Å²) in [6.45, 7) is 2.12. The van der Waals surface area contributed by atoms with Crippen molar-refractivity contribution in [1.29, 1.82) is 0 Å². The van der Waals surface area contributed by atoms with Crippen LogP contribution in [0.2, 0.25) is 0 Å². The Morgan fingerprint density at radius 3 is 2.88 bits per heavy atom. The van der Waals surface area contributed by atoms with Crippen LogP contribution < -0.4 is 0 Å². The molecule has 2 rings (SSSR count). The predicted octanol–water partition coefficient (Wildman–Crippen LogP) is 4.14. The van der Waals surface area contributed by atoms with Gasteiger partial charge in [-0.3, -0.25) is 4.79 Å². The SMILES string of the molecule is CC1CCCC1C(=O)Cc1cc(Br)ccc1F. The van der Waals surface area contributed by atoms with Gasteiger partial charge < -0.3 is 0 Å². The van der Waals surface area contributed by atoms with Gasteiger partial charge in [0, 0.05) is 16.8 Å². The van der Waals surface area contributed by atoms with Crippen LogP contribution in [-0.2, 0) is 11.2 Å². The van der Waals surface area contributed by atoms with Gasteiger partial charge in [-0.1, -0.05) is 29.3 Å². The molecule has 0 heterocycles. The average Bonchev–Trinajstić information content (AvgIpc) is 2.70. The molecule has 1 nitrogen and oxygen atoms in total. The Balaban J connectivity index is 2.10. The van der Waals surface area contributed by atoms with Gasteiger partial charge in [0.2, 0.25) is 0 Å². The molecule has 0 aromatic heterocycles. The van der Waals surface area contributed by atoms with E-state index in [1.807, 2.05) is 0 Å². The van der Waals surface area contributed by atoms with Gasteiger partial charge in [0.25, 0.3) is 0 Å². The van der Waals surface area contributed by atoms with Gasteiger partial charge in [-0.25, -0.2) is 4.39 Å². The molecule has 0 bridgehead atoms. The maximum absolute atomic E-state index is 13.5. The van der Waals surface area contributed by atoms with E-state index in [0.717, 1.165) is 23.7 Å². The van der Waals surface area contributed by atoms with E-state index in [1.54, 1.807) is 12.1 Å². The van der Waals surface area contributed by atoms with Gasteiger partial charge in [-0.2, -0.15) is 0 Å². The monoisotopic (exact) mass is 298 g/mol. The Morgan fingerprint density at radius 2 is 2.24 bits per heavy atom. The van der Waals surface area contributed by atoms with Crippen molar-refractivity contribution < 1.29 is 9.18 Å². The highest BCUT2D eigenvalue weighted by molar-refractivity contribution is 9.10. The fourth-order valence-electron chi connectivity index (χ4n) is 2.62. The van der Waals surface area contributed by atoms with Crippen molar-refractivity contribution in [3.8, 4) is 0 Å². The highest BCUT2D eigenvalue weighted by atomic mass is 79.9. The Labute approximate surface area is 110 Å². The molecule has 92 valence electrons. The molecule has 0 radical (unpaired) electrons. The number of rotatable bonds is 3. The number of carbonyl (C=O) groups is 1. The summed E-state index contributed by atoms with van der Waals surface area (Å²) in [6.07, 6.45) is 3.44. The number of hydrogen-bond acceptors (Lipinski definition) is 1. The van der Waals surface area contributed by atoms with Crippen molar-refractivity contribution in [3.63, 3.8) is 0 Å². The van der Waals surface area contributed by atoms with Crippen LogP contribution in [0.4, 0.5) is 4.39 Å². The van der Waals surface area contributed by atoms with Crippen molar-refractivity contribution in [2.75, 3.05) is 0 Å². The highest BCUT2D eigenvalue weighted by Crippen LogP contribution is 2.32. The first kappa shape index (κ1) is 12.7. The summed E-state index contributed by atoms with van der Waals surface area (Å²) in [6, 6.07) is 4.76. The quantitative estimate of drug-likeness (QED) is 0.820. The fraction of sp³-hybridized carbons (Fsp3) is 0.500. The Bertz CT molecular complexity index is 430. The molecule has 1 aliphatic carbocycles. The van der Waals surface area contributed by atoms with Gasteiger partial charge >= 0.3 is 0 Å². The van der Waals surface area contributed by atoms with E-state index in [0.29, 0.717) is 11.5 Å². The van der Waals surface area contributed by atoms with Crippen molar-refractivity contribution >= 4 is 21.7 Å². The van der Waals surface area contributed by atoms with E-state index in [4.69, 9.17) is 0 Å². The summed E-state index contributed by atoms with van der Waals surface area (Å²) in [7, 11) is 0. The zero-order chi connectivity index (χ0) is 12.4. The first-order valence-electron chi connectivity index (χ1n) is 6.04. The molecule has 1 saturated carbocycles. The zero-order valence-corrected chi connectivity index (χ0v) is 11.5. The first-order chi connectivity index (χ1) is 8.08. The van der Waals surface area contributed by atoms with Crippen LogP contribution in [0.5, 0.6) is 0 Å². The molecular formula is C14H16BrFO. The van der Waals surface area contributed by atoms with Gasteiger partial charge in [-0.05, 0) is 42.5 Å². The molecule has 0 amide bonds. The Hall–Kier alpha value is -0.700. The molecule has 1 aliphatic rings. The minimum absolute atomic E-state index is 0.133. The molecule has 0 aliphatic heterocycles. The Kier molecular flexibility index (Phi) is 3.97. The third-order valence-corrected chi connectivity index (χ3v) is 4.14. The van der Waals surface area contributed by atoms with E-state index in [2.05, 4.69) is 22.9 Å². The van der Waals surface area contributed by atoms with E-state index >= 15 is 0 Å². The maximum Gasteiger partial charge on any atom is 0.140 e. The molecule has 0 N–H and O–H groups in total. The lowest BCUT2D eigenvalue weighted by Crippen LogP contribution is -2.19. The molecule has 2 atom stereocenters. The zero-order valence-electron chi connectivity index (χ0n) is 9.88. The van der Waals surface area contributed by atoms with Crippen LogP contribution in [-0.4, -0.2) is 5.78 Å². The average molecular weight is 299 g/mol. The maximum atomic E-state index is 13.5. The van der Waals surface area contributed by atoms with Crippen molar-refractivity contribution in [2.24, 2.45) is 11.8 Å². The lowest BCUT2D eigenvalue weighted by molar-refractivity contribution is -0.123. The predicted molar refractivity (Wildman–Crippen MR) is 69.3 cm³/mol. The van der Waals surface area contributed by atoms with Gasteiger partial charge in [0.1, 0.15) is 11.6 Å². The topological polar surface area (TPSA) is 17.1 Å². The summed E-state index contributed by atoms with van der Waals surface area (Å²) in [4.78, 5) is 12.1. The summed E-state index contributed by atoms with van der Waals surface area (Å²) < 4.78 is 14.4. The third-order valence-electron chi connectivity index (χ3n) is 3.65. The van der Waals surface area contributed by atoms with Gasteiger partial charge in [0.05, 0.1) is 0 Å². The second-order valence-corrected chi connectivity index (χ2v) is 5.81. The number of hydrogen-bond donors (Lipinski definition) is 0. The smallest absolute Gasteiger partial charge is 0.140 e. The number of Topliss-reactive ketones (excluding diaryl/α,β-unsaturated/α-hetero) is 1. The minimum atomic E-state index is -0.285. The molecule has 0 saturated heterocycles. The lowest BCUT2D eigenvalue weighted by Gasteiger charge is -2.14. The number of carbonyl (C=O) groups excluding carboxylic acids is 1. The molecular weight excluding hydrogens is 283 g/mol. The second kappa shape index (κ2) is 5.30. The van der Waals surface area contributed by atoms with Crippen LogP contribution in [0, 0.1) is 17.7 Å². The molecule has 1 aromatic rings. The number of halogens is 2. The Morgan fingerprint density at radius 1 is 1.47 bits per heavy atom. The lowest BCUT2D eigenvalue weighted by atomic mass is 9.90. The molecule has 17 heavy (non-hydrogen) atoms. The van der Waals surface area contributed by atoms with E-state index < -0.39 is 0 Å². The highest BCUT2D eigenvalue weighted by Gasteiger charge is 2.29. The van der Waals surface area contributed by atoms with Gasteiger partial charge in [0.15, 0.2) is 0 Å². The van der Waals surface area contributed by atoms with Crippen molar-refractivity contribution in [2.45, 2.75) is 32.6 Å². The van der Waals surface area contributed by atoms with E-state index in [1.165, 1.54) is 6.07 Å². The van der Waals surface area contributed by atoms with Crippen LogP contribution in [0.3, 0.4) is 0 Å². The normalized spacial score (nSPS) is 23.9. The molecule has 1 fully saturated rings. The fourth-order valence-corrected chi connectivity index (χ4v) is 3.03. The third kappa shape index (κ3) is 2.95. The van der Waals surface area contributed by atoms with Crippen LogP contribution in [0.15, 0.2) is 22.7 Å². The summed E-state index contributed by atoms with van der Waals surface area (Å²) in [5, 5.41) is 0. The molecule has 3 heteroatoms. The minimum Gasteiger partial charge on any atom is -0.299 e. The van der Waals surface area contributed by atoms with E-state index in [9.17, 15) is 9.18 Å². The summed E-state index contributed by atoms with van der Waals surface area (Å²) in [5.41, 5.74) is 0.503. The van der Waals surface area contributed by atoms with Crippen molar-refractivity contribution in [1.82, 2.24) is 0 Å². The van der Waals surface area contributed by atoms with Crippen molar-refractivity contribution in [3.05, 3.63) is 34.1 Å². The summed E-state index contributed by atoms with van der Waals surface area (Å²) in [5.74, 6) is 0.491. The van der Waals surface area contributed by atoms with Crippen LogP contribution in [0.1, 0.15) is 31.7 Å². The van der Waals surface area contributed by atoms with E-state index in [-0.39, 0.29) is 23.9 Å². The summed E-state index contributed by atoms with van der Waals surface area (Å²) >= 11 is 3.30. The number of ketones is 1. The molecule has 2 unspecified atom stereocenters. The van der Waals surface area contributed by atoms with Gasteiger partial charge in [-0.15, -0.1) is 0 Å². The first-order valence-corrected chi connectivity index (χ1v) is 6.84. The molecule has 0 spiro atoms. The standard InChI is InChI=1S/C14H16BrFO/c1-9-3-2-4-12(9)14(17)8-10-7-11(15)5-6-13(10)16/h5-7,9,12H,2-4,8H2,1H3. The van der Waals surface area contributed by atoms with Crippen LogP contribution >= 0.6 is 15.9 Å². The molecule has 1 aromatic carbocycles. The number of benzene rings is 1.